The predicted octanol–water partition coefficient (Wildman–Crippen LogP) is 3.09. The number of nitriles is 1. The largest absolute Gasteiger partial charge is 0.282 e. The highest BCUT2D eigenvalue weighted by Gasteiger charge is 2.23. The van der Waals surface area contributed by atoms with Crippen molar-refractivity contribution in [3.05, 3.63) is 17.0 Å². The van der Waals surface area contributed by atoms with Gasteiger partial charge in [-0.1, -0.05) is 19.8 Å². The van der Waals surface area contributed by atoms with E-state index in [9.17, 15) is 0 Å². The molecule has 1 aliphatic carbocycles. The number of aromatic nitrogens is 2. The highest BCUT2D eigenvalue weighted by atomic mass is 15.1. The molecular weight excluding hydrogens is 198 g/mol. The number of nitrogens with zero attached hydrogens (tertiary/aromatic N) is 2. The standard InChI is InChI=1S/C13H19N3/c1-2-12-11(8-5-9-14)13(16-15-12)10-6-3-4-7-10/h10H,2-8H2,1H3,(H,15,16). The molecular formula is C13H19N3. The first kappa shape index (κ1) is 11.2. The van der Waals surface area contributed by atoms with Crippen LogP contribution in [0.25, 0.3) is 0 Å². The minimum absolute atomic E-state index is 0.603. The molecule has 1 fully saturated rings. The maximum atomic E-state index is 8.70. The van der Waals surface area contributed by atoms with E-state index in [1.165, 1.54) is 42.6 Å². The van der Waals surface area contributed by atoms with Gasteiger partial charge < -0.3 is 0 Å². The molecule has 1 N–H and O–H groups in total. The highest BCUT2D eigenvalue weighted by Crippen LogP contribution is 2.35. The van der Waals surface area contributed by atoms with Crippen molar-refractivity contribution in [2.24, 2.45) is 0 Å². The first-order chi connectivity index (χ1) is 7.86. The van der Waals surface area contributed by atoms with E-state index in [1.807, 2.05) is 0 Å². The van der Waals surface area contributed by atoms with Crippen molar-refractivity contribution in [2.75, 3.05) is 0 Å². The van der Waals surface area contributed by atoms with Gasteiger partial charge in [0.2, 0.25) is 0 Å². The maximum Gasteiger partial charge on any atom is 0.0688 e. The molecule has 0 spiro atoms. The van der Waals surface area contributed by atoms with Gasteiger partial charge in [-0.2, -0.15) is 10.4 Å². The summed E-state index contributed by atoms with van der Waals surface area (Å²) in [5.41, 5.74) is 3.82. The number of hydrogen-bond donors (Lipinski definition) is 1. The van der Waals surface area contributed by atoms with Crippen molar-refractivity contribution in [3.8, 4) is 6.07 Å². The Morgan fingerprint density at radius 2 is 2.19 bits per heavy atom. The molecule has 0 amide bonds. The molecule has 0 atom stereocenters. The second-order valence-electron chi connectivity index (χ2n) is 4.56. The second-order valence-corrected chi connectivity index (χ2v) is 4.56. The van der Waals surface area contributed by atoms with Crippen LogP contribution in [0.3, 0.4) is 0 Å². The zero-order chi connectivity index (χ0) is 11.4. The average Bonchev–Trinajstić information content (AvgIpc) is 2.94. The Kier molecular flexibility index (Phi) is 3.61. The molecule has 1 aromatic rings. The van der Waals surface area contributed by atoms with E-state index in [-0.39, 0.29) is 0 Å². The fraction of sp³-hybridized carbons (Fsp3) is 0.692. The minimum atomic E-state index is 0.603. The van der Waals surface area contributed by atoms with Gasteiger partial charge in [0.25, 0.3) is 0 Å². The Balaban J connectivity index is 2.22. The number of H-pyrrole nitrogens is 1. The molecule has 0 saturated heterocycles. The molecule has 1 aromatic heterocycles. The van der Waals surface area contributed by atoms with Crippen LogP contribution in [-0.2, 0) is 12.8 Å². The lowest BCUT2D eigenvalue weighted by molar-refractivity contribution is 0.683. The van der Waals surface area contributed by atoms with E-state index in [1.54, 1.807) is 0 Å². The van der Waals surface area contributed by atoms with Crippen molar-refractivity contribution in [2.45, 2.75) is 57.8 Å². The van der Waals surface area contributed by atoms with E-state index in [4.69, 9.17) is 5.26 Å². The normalized spacial score (nSPS) is 16.5. The first-order valence-electron chi connectivity index (χ1n) is 6.29. The third-order valence-corrected chi connectivity index (χ3v) is 3.57. The van der Waals surface area contributed by atoms with E-state index >= 15 is 0 Å². The van der Waals surface area contributed by atoms with Crippen LogP contribution in [0.1, 0.15) is 61.9 Å². The van der Waals surface area contributed by atoms with Gasteiger partial charge in [0.15, 0.2) is 0 Å². The van der Waals surface area contributed by atoms with Gasteiger partial charge in [-0.05, 0) is 31.2 Å². The van der Waals surface area contributed by atoms with Crippen molar-refractivity contribution in [1.29, 1.82) is 5.26 Å². The molecule has 0 bridgehead atoms. The monoisotopic (exact) mass is 217 g/mol. The quantitative estimate of drug-likeness (QED) is 0.842. The molecule has 3 nitrogen and oxygen atoms in total. The molecule has 0 aliphatic heterocycles. The Morgan fingerprint density at radius 1 is 1.44 bits per heavy atom. The average molecular weight is 217 g/mol. The molecule has 0 radical (unpaired) electrons. The molecule has 0 aromatic carbocycles. The fourth-order valence-electron chi connectivity index (χ4n) is 2.71. The zero-order valence-electron chi connectivity index (χ0n) is 9.92. The predicted molar refractivity (Wildman–Crippen MR) is 63.1 cm³/mol. The topological polar surface area (TPSA) is 52.5 Å². The summed E-state index contributed by atoms with van der Waals surface area (Å²) < 4.78 is 0. The van der Waals surface area contributed by atoms with Gasteiger partial charge in [-0.3, -0.25) is 5.10 Å². The van der Waals surface area contributed by atoms with Crippen LogP contribution in [0.2, 0.25) is 0 Å². The number of hydrogen-bond acceptors (Lipinski definition) is 2. The molecule has 16 heavy (non-hydrogen) atoms. The van der Waals surface area contributed by atoms with Crippen molar-refractivity contribution in [3.63, 3.8) is 0 Å². The fourth-order valence-corrected chi connectivity index (χ4v) is 2.71. The lowest BCUT2D eigenvalue weighted by atomic mass is 9.96. The van der Waals surface area contributed by atoms with Crippen molar-refractivity contribution < 1.29 is 0 Å². The summed E-state index contributed by atoms with van der Waals surface area (Å²) in [7, 11) is 0. The Labute approximate surface area is 96.9 Å². The molecule has 2 rings (SSSR count). The SMILES string of the molecule is CCc1[nH]nc(C2CCCC2)c1CCC#N. The van der Waals surface area contributed by atoms with Crippen molar-refractivity contribution in [1.82, 2.24) is 10.2 Å². The summed E-state index contributed by atoms with van der Waals surface area (Å²) in [6.45, 7) is 2.14. The third kappa shape index (κ3) is 2.11. The smallest absolute Gasteiger partial charge is 0.0688 e. The maximum absolute atomic E-state index is 8.70. The van der Waals surface area contributed by atoms with Crippen LogP contribution in [0, 0.1) is 11.3 Å². The minimum Gasteiger partial charge on any atom is -0.282 e. The van der Waals surface area contributed by atoms with E-state index in [2.05, 4.69) is 23.2 Å². The van der Waals surface area contributed by atoms with Crippen molar-refractivity contribution >= 4 is 0 Å². The summed E-state index contributed by atoms with van der Waals surface area (Å²) in [5, 5.41) is 16.3. The summed E-state index contributed by atoms with van der Waals surface area (Å²) in [6, 6.07) is 2.23. The van der Waals surface area contributed by atoms with Gasteiger partial charge >= 0.3 is 0 Å². The van der Waals surface area contributed by atoms with Crippen LogP contribution < -0.4 is 0 Å². The lowest BCUT2D eigenvalue weighted by Gasteiger charge is -2.08. The Bertz CT molecular complexity index is 380. The second kappa shape index (κ2) is 5.16. The first-order valence-corrected chi connectivity index (χ1v) is 6.29. The zero-order valence-corrected chi connectivity index (χ0v) is 9.92. The van der Waals surface area contributed by atoms with E-state index in [0.717, 1.165) is 12.8 Å². The summed E-state index contributed by atoms with van der Waals surface area (Å²) >= 11 is 0. The van der Waals surface area contributed by atoms with Crippen LogP contribution in [0.15, 0.2) is 0 Å². The number of nitrogens with one attached hydrogen (secondary N) is 1. The lowest BCUT2D eigenvalue weighted by Crippen LogP contribution is -1.99. The third-order valence-electron chi connectivity index (χ3n) is 3.57. The number of rotatable bonds is 4. The summed E-state index contributed by atoms with van der Waals surface area (Å²) in [5.74, 6) is 0.644. The Hall–Kier alpha value is -1.30. The number of aryl methyl sites for hydroxylation is 1. The Morgan fingerprint density at radius 3 is 2.81 bits per heavy atom. The number of aromatic amines is 1. The van der Waals surface area contributed by atoms with Crippen LogP contribution in [-0.4, -0.2) is 10.2 Å². The van der Waals surface area contributed by atoms with Gasteiger partial charge in [0.05, 0.1) is 11.8 Å². The summed E-state index contributed by atoms with van der Waals surface area (Å²) in [6.07, 6.45) is 7.66. The molecule has 0 unspecified atom stereocenters. The molecule has 3 heteroatoms. The highest BCUT2D eigenvalue weighted by molar-refractivity contribution is 5.29. The van der Waals surface area contributed by atoms with Crippen LogP contribution >= 0.6 is 0 Å². The van der Waals surface area contributed by atoms with E-state index < -0.39 is 0 Å². The van der Waals surface area contributed by atoms with Gasteiger partial charge in [-0.25, -0.2) is 0 Å². The molecule has 86 valence electrons. The van der Waals surface area contributed by atoms with Gasteiger partial charge in [0.1, 0.15) is 0 Å². The molecule has 1 aliphatic rings. The van der Waals surface area contributed by atoms with Gasteiger partial charge in [0, 0.05) is 18.0 Å². The molecule has 1 heterocycles. The van der Waals surface area contributed by atoms with Crippen LogP contribution in [0.5, 0.6) is 0 Å². The summed E-state index contributed by atoms with van der Waals surface area (Å²) in [4.78, 5) is 0. The molecule has 1 saturated carbocycles. The van der Waals surface area contributed by atoms with Gasteiger partial charge in [-0.15, -0.1) is 0 Å². The van der Waals surface area contributed by atoms with Crippen LogP contribution in [0.4, 0.5) is 0 Å². The van der Waals surface area contributed by atoms with E-state index in [0.29, 0.717) is 12.3 Å².